The zero-order valence-electron chi connectivity index (χ0n) is 18.0. The van der Waals surface area contributed by atoms with Crippen LogP contribution in [0.4, 0.5) is 0 Å². The van der Waals surface area contributed by atoms with Gasteiger partial charge in [0.05, 0.1) is 12.4 Å². The standard InChI is InChI=1S/C21H28N6O5S/c1-12(25-19(29)15(22)8-14-9-23-11-24-14)18(28)26-16(7-13-5-3-2-4-6-13)20(30)27-17(10-33)21(31)32/h2-6,9,11-12,15-17,33H,7-8,10,22H2,1H3,(H,23,24)(H,25,29)(H,26,28)(H,27,30)(H,31,32). The van der Waals surface area contributed by atoms with E-state index in [2.05, 4.69) is 38.5 Å². The number of amides is 3. The number of hydrogen-bond donors (Lipinski definition) is 7. The molecule has 0 fully saturated rings. The highest BCUT2D eigenvalue weighted by molar-refractivity contribution is 7.80. The van der Waals surface area contributed by atoms with Gasteiger partial charge in [0, 0.05) is 30.5 Å². The fraction of sp³-hybridized carbons (Fsp3) is 0.381. The zero-order chi connectivity index (χ0) is 24.4. The molecular weight excluding hydrogens is 448 g/mol. The van der Waals surface area contributed by atoms with E-state index in [1.807, 2.05) is 6.07 Å². The quantitative estimate of drug-likeness (QED) is 0.192. The number of carbonyl (C=O) groups is 4. The van der Waals surface area contributed by atoms with E-state index in [0.29, 0.717) is 5.69 Å². The SMILES string of the molecule is CC(NC(=O)C(N)Cc1cnc[nH]1)C(=O)NC(Cc1ccccc1)C(=O)NC(CS)C(=O)O. The highest BCUT2D eigenvalue weighted by Gasteiger charge is 2.28. The first-order chi connectivity index (χ1) is 15.7. The third-order valence-electron chi connectivity index (χ3n) is 4.80. The molecule has 0 spiro atoms. The molecule has 7 N–H and O–H groups in total. The van der Waals surface area contributed by atoms with Gasteiger partial charge in [0.25, 0.3) is 0 Å². The number of hydrogen-bond acceptors (Lipinski definition) is 7. The number of rotatable bonds is 12. The van der Waals surface area contributed by atoms with E-state index in [9.17, 15) is 24.3 Å². The average molecular weight is 477 g/mol. The largest absolute Gasteiger partial charge is 0.480 e. The minimum Gasteiger partial charge on any atom is -0.480 e. The van der Waals surface area contributed by atoms with Crippen LogP contribution in [0, 0.1) is 0 Å². The van der Waals surface area contributed by atoms with Gasteiger partial charge in [-0.3, -0.25) is 14.4 Å². The molecule has 11 nitrogen and oxygen atoms in total. The van der Waals surface area contributed by atoms with E-state index in [4.69, 9.17) is 5.73 Å². The number of carboxylic acid groups (broad SMARTS) is 1. The lowest BCUT2D eigenvalue weighted by Crippen LogP contribution is -2.57. The third kappa shape index (κ3) is 8.24. The molecule has 0 aliphatic heterocycles. The number of aromatic amines is 1. The van der Waals surface area contributed by atoms with Gasteiger partial charge in [0.1, 0.15) is 18.1 Å². The maximum atomic E-state index is 12.7. The van der Waals surface area contributed by atoms with E-state index in [1.54, 1.807) is 30.5 Å². The molecule has 4 atom stereocenters. The maximum absolute atomic E-state index is 12.7. The molecule has 3 amide bonds. The minimum absolute atomic E-state index is 0.117. The molecule has 2 aromatic rings. The molecule has 0 aliphatic carbocycles. The number of carboxylic acids is 1. The number of nitrogens with zero attached hydrogens (tertiary/aromatic N) is 1. The molecule has 178 valence electrons. The molecule has 0 saturated heterocycles. The summed E-state index contributed by atoms with van der Waals surface area (Å²) in [5.74, 6) is -3.20. The highest BCUT2D eigenvalue weighted by Crippen LogP contribution is 2.05. The minimum atomic E-state index is -1.24. The number of benzene rings is 1. The summed E-state index contributed by atoms with van der Waals surface area (Å²) in [7, 11) is 0. The van der Waals surface area contributed by atoms with Crippen molar-refractivity contribution < 1.29 is 24.3 Å². The van der Waals surface area contributed by atoms with E-state index in [0.717, 1.165) is 5.56 Å². The number of H-pyrrole nitrogens is 1. The first kappa shape index (κ1) is 25.9. The van der Waals surface area contributed by atoms with Gasteiger partial charge in [-0.25, -0.2) is 9.78 Å². The number of carbonyl (C=O) groups excluding carboxylic acids is 3. The van der Waals surface area contributed by atoms with Crippen molar-refractivity contribution in [2.45, 2.75) is 43.9 Å². The van der Waals surface area contributed by atoms with Crippen LogP contribution in [0.25, 0.3) is 0 Å². The van der Waals surface area contributed by atoms with Crippen molar-refractivity contribution in [1.29, 1.82) is 0 Å². The van der Waals surface area contributed by atoms with E-state index in [-0.39, 0.29) is 18.6 Å². The van der Waals surface area contributed by atoms with Crippen molar-refractivity contribution in [3.8, 4) is 0 Å². The molecule has 1 aromatic carbocycles. The van der Waals surface area contributed by atoms with Gasteiger partial charge in [0.15, 0.2) is 0 Å². The number of aromatic nitrogens is 2. The lowest BCUT2D eigenvalue weighted by molar-refractivity contribution is -0.141. The molecule has 0 radical (unpaired) electrons. The Morgan fingerprint density at radius 2 is 1.70 bits per heavy atom. The highest BCUT2D eigenvalue weighted by atomic mass is 32.1. The van der Waals surface area contributed by atoms with Gasteiger partial charge in [-0.05, 0) is 12.5 Å². The summed E-state index contributed by atoms with van der Waals surface area (Å²) in [6.45, 7) is 1.46. The topological polar surface area (TPSA) is 179 Å². The summed E-state index contributed by atoms with van der Waals surface area (Å²) in [6, 6.07) is 4.75. The predicted molar refractivity (Wildman–Crippen MR) is 123 cm³/mol. The monoisotopic (exact) mass is 476 g/mol. The van der Waals surface area contributed by atoms with Crippen molar-refractivity contribution in [2.24, 2.45) is 5.73 Å². The number of imidazole rings is 1. The summed E-state index contributed by atoms with van der Waals surface area (Å²) in [5.41, 5.74) is 7.32. The second-order valence-corrected chi connectivity index (χ2v) is 7.82. The van der Waals surface area contributed by atoms with Gasteiger partial charge < -0.3 is 31.8 Å². The van der Waals surface area contributed by atoms with Crippen molar-refractivity contribution in [3.05, 3.63) is 54.1 Å². The Bertz CT molecular complexity index is 940. The smallest absolute Gasteiger partial charge is 0.327 e. The van der Waals surface area contributed by atoms with Crippen LogP contribution in [0.15, 0.2) is 42.9 Å². The van der Waals surface area contributed by atoms with Gasteiger partial charge in [-0.15, -0.1) is 0 Å². The van der Waals surface area contributed by atoms with E-state index in [1.165, 1.54) is 13.3 Å². The van der Waals surface area contributed by atoms with Gasteiger partial charge >= 0.3 is 5.97 Å². The maximum Gasteiger partial charge on any atom is 0.327 e. The summed E-state index contributed by atoms with van der Waals surface area (Å²) < 4.78 is 0. The Morgan fingerprint density at radius 3 is 2.27 bits per heavy atom. The summed E-state index contributed by atoms with van der Waals surface area (Å²) in [6.07, 6.45) is 3.35. The fourth-order valence-corrected chi connectivity index (χ4v) is 3.17. The van der Waals surface area contributed by atoms with Crippen LogP contribution in [0.1, 0.15) is 18.2 Å². The molecule has 1 aromatic heterocycles. The molecule has 0 aliphatic rings. The fourth-order valence-electron chi connectivity index (χ4n) is 2.93. The Labute approximate surface area is 196 Å². The van der Waals surface area contributed by atoms with Crippen LogP contribution < -0.4 is 21.7 Å². The predicted octanol–water partition coefficient (Wildman–Crippen LogP) is -0.989. The lowest BCUT2D eigenvalue weighted by atomic mass is 10.0. The Hall–Kier alpha value is -3.38. The van der Waals surface area contributed by atoms with Gasteiger partial charge in [0.2, 0.25) is 17.7 Å². The molecule has 33 heavy (non-hydrogen) atoms. The van der Waals surface area contributed by atoms with Crippen LogP contribution in [-0.2, 0) is 32.0 Å². The van der Waals surface area contributed by atoms with Crippen molar-refractivity contribution in [2.75, 3.05) is 5.75 Å². The summed E-state index contributed by atoms with van der Waals surface area (Å²) in [5, 5.41) is 16.7. The zero-order valence-corrected chi connectivity index (χ0v) is 18.9. The first-order valence-corrected chi connectivity index (χ1v) is 10.9. The van der Waals surface area contributed by atoms with E-state index >= 15 is 0 Å². The normalized spacial score (nSPS) is 14.4. The van der Waals surface area contributed by atoms with Crippen LogP contribution in [0.5, 0.6) is 0 Å². The average Bonchev–Trinajstić information content (AvgIpc) is 3.30. The number of nitrogens with two attached hydrogens (primary N) is 1. The summed E-state index contributed by atoms with van der Waals surface area (Å²) in [4.78, 5) is 55.8. The Morgan fingerprint density at radius 1 is 1.03 bits per heavy atom. The molecule has 4 unspecified atom stereocenters. The lowest BCUT2D eigenvalue weighted by Gasteiger charge is -2.23. The van der Waals surface area contributed by atoms with Gasteiger partial charge in [-0.2, -0.15) is 12.6 Å². The van der Waals surface area contributed by atoms with E-state index < -0.39 is 47.9 Å². The number of thiol groups is 1. The Kier molecular flexibility index (Phi) is 9.88. The molecule has 12 heteroatoms. The van der Waals surface area contributed by atoms with Crippen molar-refractivity contribution in [3.63, 3.8) is 0 Å². The third-order valence-corrected chi connectivity index (χ3v) is 5.16. The van der Waals surface area contributed by atoms with Crippen molar-refractivity contribution >= 4 is 36.3 Å². The summed E-state index contributed by atoms with van der Waals surface area (Å²) >= 11 is 3.94. The molecular formula is C21H28N6O5S. The Balaban J connectivity index is 2.03. The second kappa shape index (κ2) is 12.6. The molecule has 0 saturated carbocycles. The van der Waals surface area contributed by atoms with Gasteiger partial charge in [-0.1, -0.05) is 30.3 Å². The number of nitrogens with one attached hydrogen (secondary N) is 4. The van der Waals surface area contributed by atoms with Crippen LogP contribution in [-0.4, -0.2) is 68.7 Å². The number of aliphatic carboxylic acids is 1. The second-order valence-electron chi connectivity index (χ2n) is 7.45. The van der Waals surface area contributed by atoms with Crippen molar-refractivity contribution in [1.82, 2.24) is 25.9 Å². The van der Waals surface area contributed by atoms with Crippen LogP contribution in [0.2, 0.25) is 0 Å². The molecule has 2 rings (SSSR count). The van der Waals surface area contributed by atoms with Crippen LogP contribution in [0.3, 0.4) is 0 Å². The molecule has 1 heterocycles. The van der Waals surface area contributed by atoms with Crippen LogP contribution >= 0.6 is 12.6 Å². The molecule has 0 bridgehead atoms. The first-order valence-electron chi connectivity index (χ1n) is 10.2.